The van der Waals surface area contributed by atoms with E-state index in [2.05, 4.69) is 26.5 Å². The molecule has 0 spiro atoms. The average Bonchev–Trinajstić information content (AvgIpc) is 3.29. The van der Waals surface area contributed by atoms with Crippen molar-refractivity contribution in [3.8, 4) is 5.75 Å². The Labute approximate surface area is 151 Å². The number of fused-ring (bicyclic) bond motifs is 1. The number of anilines is 2. The van der Waals surface area contributed by atoms with Gasteiger partial charge in [0.2, 0.25) is 0 Å². The Kier molecular flexibility index (Phi) is 4.33. The van der Waals surface area contributed by atoms with Crippen molar-refractivity contribution < 1.29 is 13.9 Å². The Morgan fingerprint density at radius 1 is 1.31 bits per heavy atom. The van der Waals surface area contributed by atoms with Gasteiger partial charge in [-0.25, -0.2) is 19.9 Å². The van der Waals surface area contributed by atoms with Gasteiger partial charge in [0, 0.05) is 6.07 Å². The molecule has 0 bridgehead atoms. The number of nitrogens with zero attached hydrogens (tertiary/aromatic N) is 3. The molecule has 1 aliphatic rings. The number of hydrazone groups is 1. The lowest BCUT2D eigenvalue weighted by Gasteiger charge is -2.14. The molecular weight excluding hydrogens is 359 g/mol. The number of hydrazine groups is 2. The fourth-order valence-corrected chi connectivity index (χ4v) is 3.22. The second-order valence-corrected chi connectivity index (χ2v) is 6.33. The Balaban J connectivity index is 1.37. The molecule has 8 nitrogen and oxygen atoms in total. The van der Waals surface area contributed by atoms with E-state index in [-0.39, 0.29) is 18.3 Å². The second-order valence-electron chi connectivity index (χ2n) is 5.30. The number of thiazole rings is 1. The predicted octanol–water partition coefficient (Wildman–Crippen LogP) is 2.23. The standard InChI is InChI=1S/C16H13FN6O2S/c17-10-4-5-13-14(6-10)26-16(19-13)20-15(24)8-25-12-3-1-2-11(7-12)23-9-18-21-22-23/h1-7,9,21-22H,8H2,(H,19,20,24). The molecule has 0 saturated carbocycles. The van der Waals surface area contributed by atoms with Crippen LogP contribution < -0.4 is 26.1 Å². The first kappa shape index (κ1) is 16.2. The average molecular weight is 372 g/mol. The Bertz CT molecular complexity index is 992. The van der Waals surface area contributed by atoms with Crippen LogP contribution in [0.1, 0.15) is 0 Å². The fraction of sp³-hybridized carbons (Fsp3) is 0.0625. The first-order valence-electron chi connectivity index (χ1n) is 7.59. The molecule has 10 heteroatoms. The fourth-order valence-electron chi connectivity index (χ4n) is 2.31. The van der Waals surface area contributed by atoms with E-state index in [1.54, 1.807) is 35.6 Å². The van der Waals surface area contributed by atoms with Gasteiger partial charge in [-0.1, -0.05) is 17.4 Å². The quantitative estimate of drug-likeness (QED) is 0.636. The maximum atomic E-state index is 13.2. The molecule has 132 valence electrons. The Morgan fingerprint density at radius 3 is 3.08 bits per heavy atom. The highest BCUT2D eigenvalue weighted by atomic mass is 32.1. The van der Waals surface area contributed by atoms with Crippen molar-refractivity contribution in [3.05, 3.63) is 48.3 Å². The number of hydrogen-bond acceptors (Lipinski definition) is 8. The number of hydrogen-bond donors (Lipinski definition) is 3. The second kappa shape index (κ2) is 6.94. The summed E-state index contributed by atoms with van der Waals surface area (Å²) in [6, 6.07) is 11.5. The van der Waals surface area contributed by atoms with Gasteiger partial charge in [0.15, 0.2) is 11.7 Å². The van der Waals surface area contributed by atoms with Crippen molar-refractivity contribution in [3.63, 3.8) is 0 Å². The highest BCUT2D eigenvalue weighted by Gasteiger charge is 2.11. The summed E-state index contributed by atoms with van der Waals surface area (Å²) in [5, 5.41) is 8.54. The van der Waals surface area contributed by atoms with Crippen LogP contribution in [0.3, 0.4) is 0 Å². The van der Waals surface area contributed by atoms with E-state index in [1.165, 1.54) is 23.5 Å². The summed E-state index contributed by atoms with van der Waals surface area (Å²) < 4.78 is 19.4. The number of rotatable bonds is 5. The van der Waals surface area contributed by atoms with Gasteiger partial charge < -0.3 is 4.74 Å². The number of benzene rings is 2. The van der Waals surface area contributed by atoms with E-state index in [1.807, 2.05) is 6.07 Å². The summed E-state index contributed by atoms with van der Waals surface area (Å²) >= 11 is 1.21. The van der Waals surface area contributed by atoms with Gasteiger partial charge in [-0.05, 0) is 30.3 Å². The third-order valence-corrected chi connectivity index (χ3v) is 4.40. The minimum Gasteiger partial charge on any atom is -0.484 e. The van der Waals surface area contributed by atoms with Gasteiger partial charge >= 0.3 is 0 Å². The van der Waals surface area contributed by atoms with Crippen molar-refractivity contribution in [1.29, 1.82) is 0 Å². The summed E-state index contributed by atoms with van der Waals surface area (Å²) in [6.07, 6.45) is 1.57. The third kappa shape index (κ3) is 3.55. The highest BCUT2D eigenvalue weighted by molar-refractivity contribution is 7.22. The van der Waals surface area contributed by atoms with Crippen LogP contribution in [0.4, 0.5) is 15.2 Å². The molecule has 0 atom stereocenters. The number of carbonyl (C=O) groups excluding carboxylic acids is 1. The van der Waals surface area contributed by atoms with Gasteiger partial charge in [-0.15, -0.1) is 5.53 Å². The zero-order chi connectivity index (χ0) is 17.9. The first-order chi connectivity index (χ1) is 12.7. The lowest BCUT2D eigenvalue weighted by molar-refractivity contribution is -0.118. The van der Waals surface area contributed by atoms with Crippen LogP contribution in [0.5, 0.6) is 5.75 Å². The van der Waals surface area contributed by atoms with Crippen molar-refractivity contribution in [1.82, 2.24) is 16.1 Å². The molecule has 1 aliphatic heterocycles. The lowest BCUT2D eigenvalue weighted by Crippen LogP contribution is -2.37. The number of nitrogens with one attached hydrogen (secondary N) is 3. The van der Waals surface area contributed by atoms with Crippen LogP contribution in [0.2, 0.25) is 0 Å². The molecule has 1 amide bonds. The summed E-state index contributed by atoms with van der Waals surface area (Å²) in [4.78, 5) is 16.3. The van der Waals surface area contributed by atoms with Crippen LogP contribution in [0, 0.1) is 5.82 Å². The third-order valence-electron chi connectivity index (χ3n) is 3.47. The molecule has 0 saturated heterocycles. The zero-order valence-electron chi connectivity index (χ0n) is 13.3. The van der Waals surface area contributed by atoms with Gasteiger partial charge in [0.25, 0.3) is 5.91 Å². The number of ether oxygens (including phenoxy) is 1. The molecule has 0 radical (unpaired) electrons. The van der Waals surface area contributed by atoms with Gasteiger partial charge in [0.1, 0.15) is 17.9 Å². The zero-order valence-corrected chi connectivity index (χ0v) is 14.1. The van der Waals surface area contributed by atoms with Crippen molar-refractivity contribution in [2.45, 2.75) is 0 Å². The number of aromatic nitrogens is 1. The van der Waals surface area contributed by atoms with E-state index in [9.17, 15) is 9.18 Å². The molecule has 0 aliphatic carbocycles. The molecule has 1 aromatic heterocycles. The smallest absolute Gasteiger partial charge is 0.264 e. The maximum absolute atomic E-state index is 13.2. The highest BCUT2D eigenvalue weighted by Crippen LogP contribution is 2.26. The Hall–Kier alpha value is -3.24. The van der Waals surface area contributed by atoms with Crippen LogP contribution in [-0.4, -0.2) is 23.8 Å². The number of carbonyl (C=O) groups is 1. The molecular formula is C16H13FN6O2S. The van der Waals surface area contributed by atoms with Crippen LogP contribution >= 0.6 is 11.3 Å². The summed E-state index contributed by atoms with van der Waals surface area (Å²) in [7, 11) is 0. The topological polar surface area (TPSA) is 90.9 Å². The normalized spacial score (nSPS) is 13.0. The maximum Gasteiger partial charge on any atom is 0.264 e. The van der Waals surface area contributed by atoms with Crippen molar-refractivity contribution >= 4 is 44.6 Å². The van der Waals surface area contributed by atoms with Crippen LogP contribution in [0.15, 0.2) is 47.6 Å². The summed E-state index contributed by atoms with van der Waals surface area (Å²) in [6.45, 7) is -0.173. The minimum absolute atomic E-state index is 0.173. The Morgan fingerprint density at radius 2 is 2.23 bits per heavy atom. The molecule has 4 rings (SSSR count). The van der Waals surface area contributed by atoms with Crippen LogP contribution in [-0.2, 0) is 4.79 Å². The first-order valence-corrected chi connectivity index (χ1v) is 8.41. The molecule has 2 heterocycles. The largest absolute Gasteiger partial charge is 0.484 e. The van der Waals surface area contributed by atoms with Gasteiger partial charge in [-0.2, -0.15) is 5.10 Å². The summed E-state index contributed by atoms with van der Waals surface area (Å²) in [5.41, 5.74) is 6.83. The van der Waals surface area contributed by atoms with Crippen LogP contribution in [0.25, 0.3) is 10.2 Å². The van der Waals surface area contributed by atoms with Gasteiger partial charge in [0.05, 0.1) is 15.9 Å². The molecule has 3 aromatic rings. The number of amides is 1. The molecule has 0 unspecified atom stereocenters. The molecule has 0 fully saturated rings. The van der Waals surface area contributed by atoms with E-state index < -0.39 is 0 Å². The molecule has 2 aromatic carbocycles. The van der Waals surface area contributed by atoms with E-state index >= 15 is 0 Å². The molecule has 26 heavy (non-hydrogen) atoms. The minimum atomic E-state index is -0.350. The van der Waals surface area contributed by atoms with Crippen molar-refractivity contribution in [2.24, 2.45) is 5.10 Å². The van der Waals surface area contributed by atoms with E-state index in [4.69, 9.17) is 4.74 Å². The monoisotopic (exact) mass is 372 g/mol. The number of halogens is 1. The van der Waals surface area contributed by atoms with Gasteiger partial charge in [-0.3, -0.25) is 10.1 Å². The SMILES string of the molecule is O=C(COc1cccc(N2C=NNN2)c1)Nc1nc2ccc(F)cc2s1. The van der Waals surface area contributed by atoms with E-state index in [0.29, 0.717) is 21.1 Å². The summed E-state index contributed by atoms with van der Waals surface area (Å²) in [5.74, 6) is -0.154. The van der Waals surface area contributed by atoms with Crippen molar-refractivity contribution in [2.75, 3.05) is 16.9 Å². The lowest BCUT2D eigenvalue weighted by atomic mass is 10.3. The predicted molar refractivity (Wildman–Crippen MR) is 97.4 cm³/mol. The molecule has 3 N–H and O–H groups in total. The van der Waals surface area contributed by atoms with E-state index in [0.717, 1.165) is 5.69 Å².